The van der Waals surface area contributed by atoms with Crippen molar-refractivity contribution >= 4 is 0 Å². The number of nitrogens with zero attached hydrogens (tertiary/aromatic N) is 3. The first kappa shape index (κ1) is 8.69. The van der Waals surface area contributed by atoms with Gasteiger partial charge in [-0.05, 0) is 5.21 Å². The van der Waals surface area contributed by atoms with Gasteiger partial charge >= 0.3 is 0 Å². The van der Waals surface area contributed by atoms with Crippen LogP contribution in [0.5, 0.6) is 0 Å². The maximum atomic E-state index is 8.63. The van der Waals surface area contributed by atoms with E-state index in [1.165, 1.54) is 12.3 Å². The molecule has 1 rings (SSSR count). The van der Waals surface area contributed by atoms with Crippen LogP contribution < -0.4 is 4.84 Å². The molecular formula is C6H9N3O3. The molecule has 0 saturated heterocycles. The van der Waals surface area contributed by atoms with E-state index < -0.39 is 6.29 Å². The second-order valence-electron chi connectivity index (χ2n) is 2.00. The zero-order valence-corrected chi connectivity index (χ0v) is 6.29. The van der Waals surface area contributed by atoms with Crippen molar-refractivity contribution in [3.8, 4) is 0 Å². The minimum atomic E-state index is -1.62. The van der Waals surface area contributed by atoms with E-state index in [0.29, 0.717) is 0 Å². The fourth-order valence-electron chi connectivity index (χ4n) is 0.571. The number of hydrogen-bond acceptors (Lipinski definition) is 5. The largest absolute Gasteiger partial charge is 0.391 e. The molecule has 66 valence electrons. The lowest BCUT2D eigenvalue weighted by molar-refractivity contribution is -0.0461. The first-order valence-corrected chi connectivity index (χ1v) is 3.26. The normalized spacial score (nSPS) is 10.2. The first-order chi connectivity index (χ1) is 5.74. The van der Waals surface area contributed by atoms with Gasteiger partial charge in [-0.2, -0.15) is 0 Å². The van der Waals surface area contributed by atoms with Crippen LogP contribution in [0.25, 0.3) is 0 Å². The number of aliphatic hydroxyl groups excluding tert-OH is 1. The van der Waals surface area contributed by atoms with E-state index in [0.717, 1.165) is 4.85 Å². The number of aromatic nitrogens is 3. The second kappa shape index (κ2) is 3.84. The van der Waals surface area contributed by atoms with Gasteiger partial charge in [0, 0.05) is 0 Å². The van der Waals surface area contributed by atoms with E-state index in [4.69, 9.17) is 15.1 Å². The molecule has 0 fully saturated rings. The average Bonchev–Trinajstić information content (AvgIpc) is 2.48. The molecule has 2 N–H and O–H groups in total. The summed E-state index contributed by atoms with van der Waals surface area (Å²) in [4.78, 5) is 5.93. The summed E-state index contributed by atoms with van der Waals surface area (Å²) in [5, 5.41) is 24.1. The minimum Gasteiger partial charge on any atom is -0.391 e. The highest BCUT2D eigenvalue weighted by atomic mass is 16.7. The van der Waals surface area contributed by atoms with Gasteiger partial charge in [-0.1, -0.05) is 17.5 Å². The van der Waals surface area contributed by atoms with Crippen LogP contribution in [0.1, 0.15) is 12.0 Å². The van der Waals surface area contributed by atoms with Crippen molar-refractivity contribution in [1.82, 2.24) is 15.2 Å². The Labute approximate surface area is 68.7 Å². The van der Waals surface area contributed by atoms with Crippen LogP contribution in [0.15, 0.2) is 18.9 Å². The van der Waals surface area contributed by atoms with Crippen LogP contribution in [0.2, 0.25) is 0 Å². The first-order valence-electron chi connectivity index (χ1n) is 3.26. The van der Waals surface area contributed by atoms with Gasteiger partial charge in [0.1, 0.15) is 12.3 Å². The summed E-state index contributed by atoms with van der Waals surface area (Å²) < 4.78 is 0. The lowest BCUT2D eigenvalue weighted by Gasteiger charge is -1.98. The van der Waals surface area contributed by atoms with Gasteiger partial charge in [-0.25, -0.2) is 0 Å². The van der Waals surface area contributed by atoms with Gasteiger partial charge in [0.2, 0.25) is 0 Å². The SMILES string of the molecule is C=CCOn1cc(C(O)O)nn1. The molecule has 1 aromatic rings. The fourth-order valence-corrected chi connectivity index (χ4v) is 0.571. The molecule has 12 heavy (non-hydrogen) atoms. The molecule has 0 aliphatic heterocycles. The Kier molecular flexibility index (Phi) is 2.78. The summed E-state index contributed by atoms with van der Waals surface area (Å²) in [7, 11) is 0. The van der Waals surface area contributed by atoms with Gasteiger partial charge in [0.05, 0.1) is 6.20 Å². The van der Waals surface area contributed by atoms with Gasteiger partial charge < -0.3 is 15.1 Å². The molecule has 0 aliphatic carbocycles. The lowest BCUT2D eigenvalue weighted by atomic mass is 10.5. The Morgan fingerprint density at radius 2 is 2.50 bits per heavy atom. The maximum Gasteiger partial charge on any atom is 0.199 e. The minimum absolute atomic E-state index is 0.0408. The standard InChI is InChI=1S/C6H9N3O3/c1-2-3-12-9-4-5(6(10)11)7-8-9/h2,4,6,10-11H,1,3H2. The second-order valence-corrected chi connectivity index (χ2v) is 2.00. The molecule has 0 spiro atoms. The Morgan fingerprint density at radius 1 is 1.75 bits per heavy atom. The lowest BCUT2D eigenvalue weighted by Crippen LogP contribution is -2.11. The van der Waals surface area contributed by atoms with Crippen LogP contribution >= 0.6 is 0 Å². The van der Waals surface area contributed by atoms with E-state index in [2.05, 4.69) is 16.9 Å². The van der Waals surface area contributed by atoms with Crippen LogP contribution in [-0.4, -0.2) is 32.0 Å². The van der Waals surface area contributed by atoms with Crippen LogP contribution in [0.4, 0.5) is 0 Å². The molecule has 0 radical (unpaired) electrons. The molecule has 0 unspecified atom stereocenters. The summed E-state index contributed by atoms with van der Waals surface area (Å²) in [6, 6.07) is 0. The number of rotatable bonds is 4. The number of hydrogen-bond donors (Lipinski definition) is 2. The zero-order chi connectivity index (χ0) is 8.97. The number of aliphatic hydroxyl groups is 2. The van der Waals surface area contributed by atoms with Crippen molar-refractivity contribution in [3.63, 3.8) is 0 Å². The molecule has 0 amide bonds. The van der Waals surface area contributed by atoms with Crippen molar-refractivity contribution in [1.29, 1.82) is 0 Å². The third-order valence-corrected chi connectivity index (χ3v) is 1.08. The fraction of sp³-hybridized carbons (Fsp3) is 0.333. The van der Waals surface area contributed by atoms with E-state index >= 15 is 0 Å². The summed E-state index contributed by atoms with van der Waals surface area (Å²) in [5.41, 5.74) is 0.0408. The summed E-state index contributed by atoms with van der Waals surface area (Å²) >= 11 is 0. The van der Waals surface area contributed by atoms with Crippen LogP contribution in [0.3, 0.4) is 0 Å². The average molecular weight is 171 g/mol. The Hall–Kier alpha value is -1.40. The highest BCUT2D eigenvalue weighted by Gasteiger charge is 2.07. The van der Waals surface area contributed by atoms with Crippen molar-refractivity contribution in [2.45, 2.75) is 6.29 Å². The molecule has 0 bridgehead atoms. The Balaban J connectivity index is 2.58. The molecular weight excluding hydrogens is 162 g/mol. The predicted octanol–water partition coefficient (Wildman–Crippen LogP) is -1.12. The molecule has 6 nitrogen and oxygen atoms in total. The summed E-state index contributed by atoms with van der Waals surface area (Å²) in [5.74, 6) is 0. The zero-order valence-electron chi connectivity index (χ0n) is 6.29. The Morgan fingerprint density at radius 3 is 3.00 bits per heavy atom. The van der Waals surface area contributed by atoms with E-state index in [9.17, 15) is 0 Å². The highest BCUT2D eigenvalue weighted by molar-refractivity contribution is 4.91. The quantitative estimate of drug-likeness (QED) is 0.443. The summed E-state index contributed by atoms with van der Waals surface area (Å²) in [6.45, 7) is 3.71. The van der Waals surface area contributed by atoms with E-state index in [1.54, 1.807) is 0 Å². The van der Waals surface area contributed by atoms with Gasteiger partial charge in [-0.3, -0.25) is 0 Å². The molecule has 1 heterocycles. The molecule has 0 atom stereocenters. The van der Waals surface area contributed by atoms with Crippen molar-refractivity contribution in [2.24, 2.45) is 0 Å². The molecule has 6 heteroatoms. The molecule has 1 aromatic heterocycles. The predicted molar refractivity (Wildman–Crippen MR) is 38.8 cm³/mol. The smallest absolute Gasteiger partial charge is 0.199 e. The van der Waals surface area contributed by atoms with Crippen LogP contribution in [0, 0.1) is 0 Å². The van der Waals surface area contributed by atoms with Gasteiger partial charge in [-0.15, -0.1) is 5.10 Å². The highest BCUT2D eigenvalue weighted by Crippen LogP contribution is 2.01. The molecule has 0 aromatic carbocycles. The third-order valence-electron chi connectivity index (χ3n) is 1.08. The topological polar surface area (TPSA) is 80.4 Å². The molecule has 0 aliphatic rings. The Bertz CT molecular complexity index is 258. The van der Waals surface area contributed by atoms with E-state index in [-0.39, 0.29) is 12.3 Å². The molecule has 0 saturated carbocycles. The maximum absolute atomic E-state index is 8.63. The van der Waals surface area contributed by atoms with E-state index in [1.807, 2.05) is 0 Å². The van der Waals surface area contributed by atoms with Gasteiger partial charge in [0.15, 0.2) is 6.29 Å². The van der Waals surface area contributed by atoms with Gasteiger partial charge in [0.25, 0.3) is 0 Å². The van der Waals surface area contributed by atoms with Crippen molar-refractivity contribution in [2.75, 3.05) is 6.61 Å². The van der Waals surface area contributed by atoms with Crippen molar-refractivity contribution < 1.29 is 15.1 Å². The monoisotopic (exact) mass is 171 g/mol. The third kappa shape index (κ3) is 2.04. The van der Waals surface area contributed by atoms with Crippen molar-refractivity contribution in [3.05, 3.63) is 24.5 Å². The summed E-state index contributed by atoms with van der Waals surface area (Å²) in [6.07, 6.45) is 1.19. The van der Waals surface area contributed by atoms with Crippen LogP contribution in [-0.2, 0) is 0 Å².